The Morgan fingerprint density at radius 1 is 0.851 bits per heavy atom. The van der Waals surface area contributed by atoms with Crippen LogP contribution >= 0.6 is 23.2 Å². The van der Waals surface area contributed by atoms with Crippen molar-refractivity contribution in [3.63, 3.8) is 0 Å². The van der Waals surface area contributed by atoms with Gasteiger partial charge in [-0.15, -0.1) is 0 Å². The van der Waals surface area contributed by atoms with Crippen LogP contribution in [0.2, 0.25) is 10.0 Å². The van der Waals surface area contributed by atoms with Crippen molar-refractivity contribution >= 4 is 52.4 Å². The molecule has 47 heavy (non-hydrogen) atoms. The first-order chi connectivity index (χ1) is 22.6. The molecule has 0 aliphatic carbocycles. The number of hydrogen-bond acceptors (Lipinski definition) is 8. The minimum absolute atomic E-state index is 0.0618. The zero-order chi connectivity index (χ0) is 33.2. The van der Waals surface area contributed by atoms with E-state index in [9.17, 15) is 14.4 Å². The summed E-state index contributed by atoms with van der Waals surface area (Å²) < 4.78 is 8.42. The minimum atomic E-state index is -0.427. The van der Waals surface area contributed by atoms with Crippen LogP contribution in [0, 0.1) is 0 Å². The standard InChI is InChI=1S/C33H36Cl2N8O4/c1-41(2)26-13-7-15-43-28(26)17-25(40-43)33(46)38-23-11-5-9-20(31(23)35)19-8-4-10-22(30(19)34)37-32(45)24-16-27-21(36-18-29(44)47-3)12-6-14-42(27)39-24/h4-5,8-11,16-17,21,26,36H,6-7,12-15,18H2,1-3H3,(H,37,45)(H,38,46)/t21-,26-/m0/s1. The van der Waals surface area contributed by atoms with Crippen molar-refractivity contribution in [1.82, 2.24) is 29.8 Å². The second-order valence-electron chi connectivity index (χ2n) is 11.9. The highest BCUT2D eigenvalue weighted by atomic mass is 35.5. The van der Waals surface area contributed by atoms with Crippen LogP contribution in [0.3, 0.4) is 0 Å². The first-order valence-corrected chi connectivity index (χ1v) is 16.2. The summed E-state index contributed by atoms with van der Waals surface area (Å²) >= 11 is 13.7. The zero-order valence-corrected chi connectivity index (χ0v) is 27.9. The van der Waals surface area contributed by atoms with E-state index >= 15 is 0 Å². The van der Waals surface area contributed by atoms with Gasteiger partial charge in [0.1, 0.15) is 0 Å². The molecule has 3 N–H and O–H groups in total. The summed E-state index contributed by atoms with van der Waals surface area (Å²) in [4.78, 5) is 40.4. The number of benzene rings is 2. The predicted octanol–water partition coefficient (Wildman–Crippen LogP) is 5.55. The molecule has 2 amide bonds. The molecule has 12 nitrogen and oxygen atoms in total. The first-order valence-electron chi connectivity index (χ1n) is 15.5. The first kappa shape index (κ1) is 32.7. The lowest BCUT2D eigenvalue weighted by Gasteiger charge is -2.28. The number of esters is 1. The van der Waals surface area contributed by atoms with E-state index in [1.165, 1.54) is 7.11 Å². The quantitative estimate of drug-likeness (QED) is 0.196. The van der Waals surface area contributed by atoms with Crippen LogP contribution in [-0.4, -0.2) is 70.0 Å². The van der Waals surface area contributed by atoms with Gasteiger partial charge in [0.05, 0.1) is 52.5 Å². The second kappa shape index (κ2) is 13.9. The number of rotatable bonds is 9. The van der Waals surface area contributed by atoms with Crippen LogP contribution < -0.4 is 16.0 Å². The summed E-state index contributed by atoms with van der Waals surface area (Å²) in [6, 6.07) is 14.2. The smallest absolute Gasteiger partial charge is 0.319 e. The van der Waals surface area contributed by atoms with Crippen LogP contribution in [0.15, 0.2) is 48.5 Å². The van der Waals surface area contributed by atoms with E-state index < -0.39 is 5.91 Å². The molecule has 0 saturated carbocycles. The largest absolute Gasteiger partial charge is 0.468 e. The van der Waals surface area contributed by atoms with Gasteiger partial charge >= 0.3 is 5.97 Å². The molecule has 0 fully saturated rings. The van der Waals surface area contributed by atoms with E-state index in [0.717, 1.165) is 43.6 Å². The third-order valence-corrected chi connectivity index (χ3v) is 9.44. The Morgan fingerprint density at radius 3 is 1.94 bits per heavy atom. The molecule has 0 unspecified atom stereocenters. The molecule has 2 aliphatic heterocycles. The van der Waals surface area contributed by atoms with Crippen LogP contribution in [0.5, 0.6) is 0 Å². The molecule has 0 bridgehead atoms. The van der Waals surface area contributed by atoms with Gasteiger partial charge in [-0.2, -0.15) is 10.2 Å². The van der Waals surface area contributed by atoms with Crippen molar-refractivity contribution < 1.29 is 19.1 Å². The van der Waals surface area contributed by atoms with Gasteiger partial charge in [0, 0.05) is 30.3 Å². The molecule has 6 rings (SSSR count). The number of hydrogen-bond donors (Lipinski definition) is 3. The molecule has 2 aliphatic rings. The number of halogens is 2. The molecular weight excluding hydrogens is 643 g/mol. The molecule has 246 valence electrons. The fourth-order valence-corrected chi connectivity index (χ4v) is 6.77. The summed E-state index contributed by atoms with van der Waals surface area (Å²) in [6.07, 6.45) is 3.66. The Kier molecular flexibility index (Phi) is 9.65. The number of nitrogens with zero attached hydrogens (tertiary/aromatic N) is 5. The van der Waals surface area contributed by atoms with E-state index in [4.69, 9.17) is 27.9 Å². The van der Waals surface area contributed by atoms with Crippen molar-refractivity contribution in [2.45, 2.75) is 50.9 Å². The Bertz CT molecular complexity index is 1830. The number of fused-ring (bicyclic) bond motifs is 2. The van der Waals surface area contributed by atoms with Crippen molar-refractivity contribution in [1.29, 1.82) is 0 Å². The fourth-order valence-electron chi connectivity index (χ4n) is 6.22. The Labute approximate surface area is 282 Å². The van der Waals surface area contributed by atoms with Crippen molar-refractivity contribution in [2.24, 2.45) is 0 Å². The molecule has 0 spiro atoms. The maximum Gasteiger partial charge on any atom is 0.319 e. The minimum Gasteiger partial charge on any atom is -0.468 e. The van der Waals surface area contributed by atoms with Gasteiger partial charge < -0.3 is 20.3 Å². The zero-order valence-electron chi connectivity index (χ0n) is 26.3. The number of anilines is 2. The van der Waals surface area contributed by atoms with Crippen molar-refractivity contribution in [2.75, 3.05) is 38.4 Å². The van der Waals surface area contributed by atoms with Crippen molar-refractivity contribution in [3.05, 3.63) is 81.4 Å². The lowest BCUT2D eigenvalue weighted by Crippen LogP contribution is -2.32. The molecule has 2 aromatic heterocycles. The summed E-state index contributed by atoms with van der Waals surface area (Å²) in [7, 11) is 5.39. The molecule has 2 atom stereocenters. The third-order valence-electron chi connectivity index (χ3n) is 8.62. The molecule has 14 heteroatoms. The van der Waals surface area contributed by atoms with E-state index in [1.54, 1.807) is 47.1 Å². The number of ether oxygens (including phenoxy) is 1. The highest BCUT2D eigenvalue weighted by molar-refractivity contribution is 6.40. The van der Waals surface area contributed by atoms with Gasteiger partial charge in [-0.3, -0.25) is 29.1 Å². The van der Waals surface area contributed by atoms with Crippen molar-refractivity contribution in [3.8, 4) is 11.1 Å². The Hall–Kier alpha value is -4.23. The fraction of sp³-hybridized carbons (Fsp3) is 0.364. The van der Waals surface area contributed by atoms with Crippen LogP contribution in [0.25, 0.3) is 11.1 Å². The Balaban J connectivity index is 1.19. The summed E-state index contributed by atoms with van der Waals surface area (Å²) in [6.45, 7) is 1.50. The number of amides is 2. The van der Waals surface area contributed by atoms with Crippen LogP contribution in [-0.2, 0) is 22.6 Å². The highest BCUT2D eigenvalue weighted by Crippen LogP contribution is 2.40. The highest BCUT2D eigenvalue weighted by Gasteiger charge is 2.27. The molecule has 0 saturated heterocycles. The SMILES string of the molecule is COC(=O)CN[C@H]1CCCn2nc(C(=O)Nc3cccc(-c4cccc(NC(=O)c5cc6n(n5)CCC[C@@H]6N(C)C)c4Cl)c3Cl)cc21. The van der Waals surface area contributed by atoms with Gasteiger partial charge in [0.15, 0.2) is 11.4 Å². The normalized spacial score (nSPS) is 17.1. The van der Waals surface area contributed by atoms with E-state index in [0.29, 0.717) is 39.8 Å². The molecular formula is C33H36Cl2N8O4. The predicted molar refractivity (Wildman–Crippen MR) is 180 cm³/mol. The second-order valence-corrected chi connectivity index (χ2v) is 12.6. The van der Waals surface area contributed by atoms with Gasteiger partial charge in [0.25, 0.3) is 11.8 Å². The van der Waals surface area contributed by atoms with Gasteiger partial charge in [0.2, 0.25) is 0 Å². The maximum atomic E-state index is 13.3. The molecule has 4 heterocycles. The van der Waals surface area contributed by atoms with E-state index in [1.807, 2.05) is 24.8 Å². The Morgan fingerprint density at radius 2 is 1.38 bits per heavy atom. The monoisotopic (exact) mass is 678 g/mol. The lowest BCUT2D eigenvalue weighted by molar-refractivity contribution is -0.139. The number of aryl methyl sites for hydroxylation is 2. The number of carbonyl (C=O) groups excluding carboxylic acids is 3. The summed E-state index contributed by atoms with van der Waals surface area (Å²) in [5, 5.41) is 18.6. The molecule has 2 aromatic carbocycles. The number of carbonyl (C=O) groups is 3. The topological polar surface area (TPSA) is 135 Å². The average Bonchev–Trinajstić information content (AvgIpc) is 3.71. The molecule has 4 aromatic rings. The van der Waals surface area contributed by atoms with Gasteiger partial charge in [-0.1, -0.05) is 47.5 Å². The lowest BCUT2D eigenvalue weighted by atomic mass is 10.0. The van der Waals surface area contributed by atoms with E-state index in [-0.39, 0.29) is 41.2 Å². The van der Waals surface area contributed by atoms with Gasteiger partial charge in [-0.25, -0.2) is 0 Å². The number of methoxy groups -OCH3 is 1. The maximum absolute atomic E-state index is 13.3. The molecule has 0 radical (unpaired) electrons. The number of nitrogens with one attached hydrogen (secondary N) is 3. The summed E-state index contributed by atoms with van der Waals surface area (Å²) in [5.74, 6) is -1.15. The number of aromatic nitrogens is 4. The average molecular weight is 680 g/mol. The van der Waals surface area contributed by atoms with E-state index in [2.05, 4.69) is 31.0 Å². The third kappa shape index (κ3) is 6.77. The van der Waals surface area contributed by atoms with Crippen LogP contribution in [0.4, 0.5) is 11.4 Å². The van der Waals surface area contributed by atoms with Crippen LogP contribution in [0.1, 0.15) is 70.1 Å². The summed E-state index contributed by atoms with van der Waals surface area (Å²) in [5.41, 5.74) is 4.34. The van der Waals surface area contributed by atoms with Gasteiger partial charge in [-0.05, 0) is 64.0 Å².